The largest absolute Gasteiger partial charge is 0.327 e. The first-order chi connectivity index (χ1) is 7.93. The SMILES string of the molecule is NC1CCCC1S(=O)(=O)c1ccc(Cl)c(Cl)c1. The summed E-state index contributed by atoms with van der Waals surface area (Å²) in [5, 5.41) is 0.0976. The first-order valence-electron chi connectivity index (χ1n) is 5.37. The van der Waals surface area contributed by atoms with Gasteiger partial charge >= 0.3 is 0 Å². The third-order valence-corrected chi connectivity index (χ3v) is 6.15. The molecular weight excluding hydrogens is 281 g/mol. The predicted molar refractivity (Wildman–Crippen MR) is 69.3 cm³/mol. The van der Waals surface area contributed by atoms with Crippen molar-refractivity contribution in [2.24, 2.45) is 5.73 Å². The molecule has 0 aromatic heterocycles. The summed E-state index contributed by atoms with van der Waals surface area (Å²) in [4.78, 5) is 0.203. The lowest BCUT2D eigenvalue weighted by molar-refractivity contribution is 0.568. The summed E-state index contributed by atoms with van der Waals surface area (Å²) >= 11 is 11.6. The molecule has 2 N–H and O–H groups in total. The van der Waals surface area contributed by atoms with Crippen molar-refractivity contribution >= 4 is 33.0 Å². The lowest BCUT2D eigenvalue weighted by atomic mass is 10.3. The first-order valence-corrected chi connectivity index (χ1v) is 7.67. The maximum absolute atomic E-state index is 12.3. The molecule has 2 unspecified atom stereocenters. The Kier molecular flexibility index (Phi) is 3.69. The molecule has 1 saturated carbocycles. The van der Waals surface area contributed by atoms with Crippen molar-refractivity contribution in [3.05, 3.63) is 28.2 Å². The molecule has 1 fully saturated rings. The monoisotopic (exact) mass is 293 g/mol. The molecule has 1 aliphatic carbocycles. The second-order valence-corrected chi connectivity index (χ2v) is 7.24. The molecule has 1 aromatic rings. The van der Waals surface area contributed by atoms with Gasteiger partial charge in [0.1, 0.15) is 0 Å². The van der Waals surface area contributed by atoms with Crippen molar-refractivity contribution in [1.29, 1.82) is 0 Å². The Balaban J connectivity index is 2.41. The molecule has 0 radical (unpaired) electrons. The fraction of sp³-hybridized carbons (Fsp3) is 0.455. The molecule has 2 rings (SSSR count). The summed E-state index contributed by atoms with van der Waals surface area (Å²) < 4.78 is 24.7. The van der Waals surface area contributed by atoms with Gasteiger partial charge in [0, 0.05) is 6.04 Å². The fourth-order valence-corrected chi connectivity index (χ4v) is 4.49. The van der Waals surface area contributed by atoms with Crippen LogP contribution in [0.25, 0.3) is 0 Å². The standard InChI is InChI=1S/C11H13Cl2NO2S/c12-8-5-4-7(6-9(8)13)17(15,16)11-3-1-2-10(11)14/h4-6,10-11H,1-3,14H2. The van der Waals surface area contributed by atoms with Crippen LogP contribution in [0.3, 0.4) is 0 Å². The second-order valence-electron chi connectivity index (χ2n) is 4.25. The topological polar surface area (TPSA) is 60.2 Å². The van der Waals surface area contributed by atoms with Gasteiger partial charge in [0.25, 0.3) is 0 Å². The van der Waals surface area contributed by atoms with Crippen LogP contribution in [0.4, 0.5) is 0 Å². The molecule has 17 heavy (non-hydrogen) atoms. The van der Waals surface area contributed by atoms with Crippen LogP contribution in [-0.4, -0.2) is 19.7 Å². The van der Waals surface area contributed by atoms with E-state index in [1.165, 1.54) is 18.2 Å². The van der Waals surface area contributed by atoms with Crippen LogP contribution in [0.5, 0.6) is 0 Å². The van der Waals surface area contributed by atoms with Crippen molar-refractivity contribution < 1.29 is 8.42 Å². The Morgan fingerprint density at radius 2 is 1.88 bits per heavy atom. The third-order valence-electron chi connectivity index (χ3n) is 3.12. The number of hydrogen-bond acceptors (Lipinski definition) is 3. The number of benzene rings is 1. The van der Waals surface area contributed by atoms with Crippen molar-refractivity contribution in [3.8, 4) is 0 Å². The quantitative estimate of drug-likeness (QED) is 0.912. The number of nitrogens with two attached hydrogens (primary N) is 1. The molecule has 2 atom stereocenters. The van der Waals surface area contributed by atoms with Crippen LogP contribution in [0, 0.1) is 0 Å². The second kappa shape index (κ2) is 4.76. The zero-order chi connectivity index (χ0) is 12.6. The Morgan fingerprint density at radius 3 is 2.41 bits per heavy atom. The lowest BCUT2D eigenvalue weighted by Gasteiger charge is -2.16. The number of halogens is 2. The van der Waals surface area contributed by atoms with Gasteiger partial charge < -0.3 is 5.73 Å². The molecule has 0 aliphatic heterocycles. The molecule has 0 saturated heterocycles. The summed E-state index contributed by atoms with van der Waals surface area (Å²) in [5.41, 5.74) is 5.83. The van der Waals surface area contributed by atoms with Gasteiger partial charge in [0.2, 0.25) is 0 Å². The highest BCUT2D eigenvalue weighted by Gasteiger charge is 2.36. The summed E-state index contributed by atoms with van der Waals surface area (Å²) in [6.45, 7) is 0. The number of sulfone groups is 1. The van der Waals surface area contributed by atoms with Gasteiger partial charge in [-0.1, -0.05) is 29.6 Å². The van der Waals surface area contributed by atoms with Gasteiger partial charge in [-0.25, -0.2) is 8.42 Å². The highest BCUT2D eigenvalue weighted by molar-refractivity contribution is 7.92. The van der Waals surface area contributed by atoms with E-state index in [0.717, 1.165) is 12.8 Å². The Bertz CT molecular complexity index is 530. The summed E-state index contributed by atoms with van der Waals surface area (Å²) in [5.74, 6) is 0. The van der Waals surface area contributed by atoms with Crippen LogP contribution in [0.1, 0.15) is 19.3 Å². The zero-order valence-corrected chi connectivity index (χ0v) is 11.4. The minimum Gasteiger partial charge on any atom is -0.327 e. The van der Waals surface area contributed by atoms with E-state index in [0.29, 0.717) is 11.4 Å². The van der Waals surface area contributed by atoms with Crippen molar-refractivity contribution in [3.63, 3.8) is 0 Å². The Labute approximate surface area is 111 Å². The highest BCUT2D eigenvalue weighted by Crippen LogP contribution is 2.32. The smallest absolute Gasteiger partial charge is 0.182 e. The average Bonchev–Trinajstić information content (AvgIpc) is 2.69. The van der Waals surface area contributed by atoms with Crippen LogP contribution in [0.2, 0.25) is 10.0 Å². The van der Waals surface area contributed by atoms with E-state index >= 15 is 0 Å². The van der Waals surface area contributed by atoms with Crippen LogP contribution < -0.4 is 5.73 Å². The van der Waals surface area contributed by atoms with Gasteiger partial charge in [-0.15, -0.1) is 0 Å². The van der Waals surface area contributed by atoms with E-state index in [1.807, 2.05) is 0 Å². The highest BCUT2D eigenvalue weighted by atomic mass is 35.5. The summed E-state index contributed by atoms with van der Waals surface area (Å²) in [7, 11) is -3.40. The van der Waals surface area contributed by atoms with Gasteiger partial charge in [-0.05, 0) is 31.0 Å². The molecule has 0 heterocycles. The van der Waals surface area contributed by atoms with Crippen molar-refractivity contribution in [1.82, 2.24) is 0 Å². The molecule has 6 heteroatoms. The third kappa shape index (κ3) is 2.45. The molecule has 1 aromatic carbocycles. The van der Waals surface area contributed by atoms with E-state index in [9.17, 15) is 8.42 Å². The van der Waals surface area contributed by atoms with E-state index in [1.54, 1.807) is 0 Å². The molecule has 1 aliphatic rings. The van der Waals surface area contributed by atoms with E-state index in [2.05, 4.69) is 0 Å². The van der Waals surface area contributed by atoms with E-state index in [4.69, 9.17) is 28.9 Å². The normalized spacial score (nSPS) is 25.1. The minimum atomic E-state index is -3.40. The predicted octanol–water partition coefficient (Wildman–Crippen LogP) is 2.65. The fourth-order valence-electron chi connectivity index (χ4n) is 2.17. The van der Waals surface area contributed by atoms with Gasteiger partial charge in [-0.2, -0.15) is 0 Å². The minimum absolute atomic E-state index is 0.203. The van der Waals surface area contributed by atoms with Gasteiger partial charge in [0.05, 0.1) is 20.2 Å². The van der Waals surface area contributed by atoms with Crippen LogP contribution in [-0.2, 0) is 9.84 Å². The zero-order valence-electron chi connectivity index (χ0n) is 9.07. The molecule has 0 spiro atoms. The first kappa shape index (κ1) is 13.1. The molecule has 3 nitrogen and oxygen atoms in total. The Hall–Kier alpha value is -0.290. The van der Waals surface area contributed by atoms with Crippen LogP contribution >= 0.6 is 23.2 Å². The maximum atomic E-state index is 12.3. The van der Waals surface area contributed by atoms with E-state index in [-0.39, 0.29) is 16.0 Å². The molecule has 94 valence electrons. The van der Waals surface area contributed by atoms with Crippen molar-refractivity contribution in [2.45, 2.75) is 35.4 Å². The van der Waals surface area contributed by atoms with Crippen molar-refractivity contribution in [2.75, 3.05) is 0 Å². The molecule has 0 bridgehead atoms. The number of rotatable bonds is 2. The average molecular weight is 294 g/mol. The van der Waals surface area contributed by atoms with Crippen LogP contribution in [0.15, 0.2) is 23.1 Å². The molecular formula is C11H13Cl2NO2S. The Morgan fingerprint density at radius 1 is 1.18 bits per heavy atom. The maximum Gasteiger partial charge on any atom is 0.182 e. The van der Waals surface area contributed by atoms with E-state index < -0.39 is 15.1 Å². The number of hydrogen-bond donors (Lipinski definition) is 1. The van der Waals surface area contributed by atoms with Gasteiger partial charge in [-0.3, -0.25) is 0 Å². The summed E-state index contributed by atoms with van der Waals surface area (Å²) in [6, 6.07) is 4.09. The van der Waals surface area contributed by atoms with Gasteiger partial charge in [0.15, 0.2) is 9.84 Å². The molecule has 0 amide bonds. The lowest BCUT2D eigenvalue weighted by Crippen LogP contribution is -2.35. The summed E-state index contributed by atoms with van der Waals surface area (Å²) in [6.07, 6.45) is 2.22.